The molecule has 0 aromatic heterocycles. The lowest BCUT2D eigenvalue weighted by Gasteiger charge is -2.43. The zero-order chi connectivity index (χ0) is 24.8. The number of unbranched alkanes of at least 4 members (excludes halogenated alkanes) is 7. The molecule has 1 aliphatic rings. The highest BCUT2D eigenvalue weighted by molar-refractivity contribution is 5.67. The van der Waals surface area contributed by atoms with Crippen molar-refractivity contribution in [1.82, 2.24) is 0 Å². The zero-order valence-electron chi connectivity index (χ0n) is 21.2. The maximum atomic E-state index is 11.9. The van der Waals surface area contributed by atoms with Gasteiger partial charge in [-0.25, -0.2) is 0 Å². The van der Waals surface area contributed by atoms with Gasteiger partial charge in [0, 0.05) is 20.5 Å². The topological polar surface area (TPSA) is 80.3 Å². The van der Waals surface area contributed by atoms with Crippen LogP contribution in [-0.2, 0) is 39.9 Å². The minimum absolute atomic E-state index is 0.283. The highest BCUT2D eigenvalue weighted by atomic mass is 16.7. The lowest BCUT2D eigenvalue weighted by Crippen LogP contribution is -2.60. The summed E-state index contributed by atoms with van der Waals surface area (Å²) < 4.78 is 29.4. The molecule has 2 rings (SSSR count). The monoisotopic (exact) mass is 478 g/mol. The normalized spacial score (nSPS) is 24.5. The largest absolute Gasteiger partial charge is 0.456 e. The van der Waals surface area contributed by atoms with Crippen molar-refractivity contribution in [2.45, 2.75) is 116 Å². The third kappa shape index (κ3) is 10.1. The predicted molar refractivity (Wildman–Crippen MR) is 129 cm³/mol. The number of esters is 2. The summed E-state index contributed by atoms with van der Waals surface area (Å²) in [4.78, 5) is 23.6. The van der Waals surface area contributed by atoms with E-state index in [1.54, 1.807) is 6.92 Å². The first kappa shape index (κ1) is 28.3. The van der Waals surface area contributed by atoms with E-state index in [2.05, 4.69) is 6.92 Å². The van der Waals surface area contributed by atoms with E-state index in [-0.39, 0.29) is 6.61 Å². The van der Waals surface area contributed by atoms with Crippen LogP contribution in [0.4, 0.5) is 0 Å². The molecule has 1 fully saturated rings. The molecule has 1 saturated heterocycles. The van der Waals surface area contributed by atoms with Crippen LogP contribution < -0.4 is 0 Å². The van der Waals surface area contributed by atoms with E-state index < -0.39 is 42.6 Å². The highest BCUT2D eigenvalue weighted by Crippen LogP contribution is 2.30. The van der Waals surface area contributed by atoms with E-state index in [1.165, 1.54) is 52.4 Å². The minimum atomic E-state index is -0.836. The molecule has 0 unspecified atom stereocenters. The molecule has 1 aromatic rings. The van der Waals surface area contributed by atoms with Crippen molar-refractivity contribution in [3.05, 3.63) is 35.9 Å². The van der Waals surface area contributed by atoms with Crippen LogP contribution in [0.3, 0.4) is 0 Å². The summed E-state index contributed by atoms with van der Waals surface area (Å²) in [7, 11) is 0. The van der Waals surface area contributed by atoms with Crippen molar-refractivity contribution < 1.29 is 33.3 Å². The highest BCUT2D eigenvalue weighted by Gasteiger charge is 2.49. The Hall–Kier alpha value is -1.96. The van der Waals surface area contributed by atoms with Crippen LogP contribution in [0.5, 0.6) is 0 Å². The molecular formula is C27H42O7. The van der Waals surface area contributed by atoms with Crippen LogP contribution >= 0.6 is 0 Å². The van der Waals surface area contributed by atoms with Crippen molar-refractivity contribution in [1.29, 1.82) is 0 Å². The smallest absolute Gasteiger partial charge is 0.303 e. The van der Waals surface area contributed by atoms with E-state index in [0.29, 0.717) is 6.61 Å². The van der Waals surface area contributed by atoms with Crippen molar-refractivity contribution in [2.24, 2.45) is 0 Å². The Labute approximate surface area is 204 Å². The summed E-state index contributed by atoms with van der Waals surface area (Å²) >= 11 is 0. The van der Waals surface area contributed by atoms with E-state index in [4.69, 9.17) is 23.7 Å². The van der Waals surface area contributed by atoms with Gasteiger partial charge in [0.15, 0.2) is 18.5 Å². The zero-order valence-corrected chi connectivity index (χ0v) is 21.2. The molecule has 34 heavy (non-hydrogen) atoms. The summed E-state index contributed by atoms with van der Waals surface area (Å²) in [6, 6.07) is 9.70. The van der Waals surface area contributed by atoms with Gasteiger partial charge in [-0.15, -0.1) is 0 Å². The van der Waals surface area contributed by atoms with Crippen molar-refractivity contribution >= 4 is 11.9 Å². The fraction of sp³-hybridized carbons (Fsp3) is 0.704. The summed E-state index contributed by atoms with van der Waals surface area (Å²) in [6.45, 7) is 7.46. The Bertz CT molecular complexity index is 708. The van der Waals surface area contributed by atoms with Gasteiger partial charge >= 0.3 is 11.9 Å². The van der Waals surface area contributed by atoms with Gasteiger partial charge in [-0.05, 0) is 18.9 Å². The Kier molecular flexibility index (Phi) is 13.2. The number of carbonyl (C=O) groups excluding carboxylic acids is 2. The van der Waals surface area contributed by atoms with Gasteiger partial charge in [0.1, 0.15) is 6.10 Å². The molecule has 1 aliphatic heterocycles. The van der Waals surface area contributed by atoms with E-state index in [0.717, 1.165) is 18.4 Å². The fourth-order valence-electron chi connectivity index (χ4n) is 4.17. The Morgan fingerprint density at radius 1 is 0.794 bits per heavy atom. The second-order valence-corrected chi connectivity index (χ2v) is 8.96. The van der Waals surface area contributed by atoms with Crippen LogP contribution in [0, 0.1) is 0 Å². The summed E-state index contributed by atoms with van der Waals surface area (Å²) in [5, 5.41) is 0. The maximum Gasteiger partial charge on any atom is 0.303 e. The lowest BCUT2D eigenvalue weighted by molar-refractivity contribution is -0.308. The molecule has 1 aromatic carbocycles. The van der Waals surface area contributed by atoms with Gasteiger partial charge < -0.3 is 23.7 Å². The van der Waals surface area contributed by atoms with Gasteiger partial charge in [-0.1, -0.05) is 82.2 Å². The fourth-order valence-corrected chi connectivity index (χ4v) is 4.17. The average molecular weight is 479 g/mol. The predicted octanol–water partition coefficient (Wildman–Crippen LogP) is 5.34. The SMILES string of the molecule is CCCCCCCCCCO[C@H]1O[C@@H](C)[C@@H](OC(C)=O)[C@@H](OC(C)=O)[C@@H]1OCc1ccccc1. The van der Waals surface area contributed by atoms with Crippen LogP contribution in [0.25, 0.3) is 0 Å². The lowest BCUT2D eigenvalue weighted by atomic mass is 9.98. The third-order valence-electron chi connectivity index (χ3n) is 5.90. The van der Waals surface area contributed by atoms with E-state index in [9.17, 15) is 9.59 Å². The van der Waals surface area contributed by atoms with Crippen LogP contribution in [0.2, 0.25) is 0 Å². The molecule has 1 heterocycles. The molecule has 0 radical (unpaired) electrons. The average Bonchev–Trinajstić information content (AvgIpc) is 2.80. The first-order valence-corrected chi connectivity index (χ1v) is 12.7. The van der Waals surface area contributed by atoms with Gasteiger partial charge in [0.2, 0.25) is 0 Å². The molecule has 192 valence electrons. The Morgan fingerprint density at radius 2 is 1.38 bits per heavy atom. The summed E-state index contributed by atoms with van der Waals surface area (Å²) in [6.07, 6.45) is 5.99. The third-order valence-corrected chi connectivity index (χ3v) is 5.90. The molecule has 7 heteroatoms. The molecule has 0 spiro atoms. The second-order valence-electron chi connectivity index (χ2n) is 8.96. The number of hydrogen-bond acceptors (Lipinski definition) is 7. The van der Waals surface area contributed by atoms with E-state index in [1.807, 2.05) is 30.3 Å². The summed E-state index contributed by atoms with van der Waals surface area (Å²) in [5.74, 6) is -0.955. The molecule has 0 saturated carbocycles. The number of benzene rings is 1. The van der Waals surface area contributed by atoms with Crippen LogP contribution in [-0.4, -0.2) is 49.3 Å². The minimum Gasteiger partial charge on any atom is -0.456 e. The van der Waals surface area contributed by atoms with Crippen molar-refractivity contribution in [3.8, 4) is 0 Å². The molecule has 0 amide bonds. The quantitative estimate of drug-likeness (QED) is 0.249. The van der Waals surface area contributed by atoms with Gasteiger partial charge in [0.05, 0.1) is 12.7 Å². The molecule has 0 aliphatic carbocycles. The molecule has 7 nitrogen and oxygen atoms in total. The van der Waals surface area contributed by atoms with Crippen molar-refractivity contribution in [2.75, 3.05) is 6.61 Å². The van der Waals surface area contributed by atoms with Crippen molar-refractivity contribution in [3.63, 3.8) is 0 Å². The second kappa shape index (κ2) is 15.8. The van der Waals surface area contributed by atoms with Gasteiger partial charge in [0.25, 0.3) is 0 Å². The standard InChI is InChI=1S/C27H42O7/c1-5-6-7-8-9-10-11-15-18-30-27-26(31-19-23-16-13-12-14-17-23)25(34-22(4)29)24(20(2)32-27)33-21(3)28/h12-14,16-17,20,24-27H,5-11,15,18-19H2,1-4H3/t20-,24+,25+,26-,27-/m0/s1. The first-order valence-electron chi connectivity index (χ1n) is 12.7. The van der Waals surface area contributed by atoms with Crippen LogP contribution in [0.1, 0.15) is 84.6 Å². The summed E-state index contributed by atoms with van der Waals surface area (Å²) in [5.41, 5.74) is 0.966. The first-order chi connectivity index (χ1) is 16.4. The molecule has 0 bridgehead atoms. The van der Waals surface area contributed by atoms with Gasteiger partial charge in [-0.3, -0.25) is 9.59 Å². The molecule has 5 atom stereocenters. The van der Waals surface area contributed by atoms with Gasteiger partial charge in [-0.2, -0.15) is 0 Å². The number of carbonyl (C=O) groups is 2. The number of hydrogen-bond donors (Lipinski definition) is 0. The Morgan fingerprint density at radius 3 is 2.00 bits per heavy atom. The Balaban J connectivity index is 2.00. The number of ether oxygens (including phenoxy) is 5. The maximum absolute atomic E-state index is 11.9. The number of rotatable bonds is 15. The molecular weight excluding hydrogens is 436 g/mol. The molecule has 0 N–H and O–H groups in total. The van der Waals surface area contributed by atoms with Crippen LogP contribution in [0.15, 0.2) is 30.3 Å². The van der Waals surface area contributed by atoms with E-state index >= 15 is 0 Å².